The van der Waals surface area contributed by atoms with Gasteiger partial charge < -0.3 is 10.2 Å². The van der Waals surface area contributed by atoms with Crippen molar-refractivity contribution >= 4 is 5.96 Å². The van der Waals surface area contributed by atoms with Gasteiger partial charge in [-0.05, 0) is 13.3 Å². The third-order valence-corrected chi connectivity index (χ3v) is 2.01. The zero-order chi connectivity index (χ0) is 9.84. The number of nitrogens with one attached hydrogen (secondary N) is 1. The Kier molecular flexibility index (Phi) is 3.45. The predicted molar refractivity (Wildman–Crippen MR) is 48.2 cm³/mol. The summed E-state index contributed by atoms with van der Waals surface area (Å²) in [5, 5.41) is 2.69. The molecular formula is C8H15F2N3. The van der Waals surface area contributed by atoms with Gasteiger partial charge in [0, 0.05) is 20.1 Å². The Morgan fingerprint density at radius 2 is 2.23 bits per heavy atom. The molecule has 5 heteroatoms. The van der Waals surface area contributed by atoms with Crippen LogP contribution in [-0.2, 0) is 0 Å². The van der Waals surface area contributed by atoms with Gasteiger partial charge in [-0.15, -0.1) is 0 Å². The second-order valence-corrected chi connectivity index (χ2v) is 3.25. The first kappa shape index (κ1) is 10.2. The van der Waals surface area contributed by atoms with Crippen molar-refractivity contribution < 1.29 is 8.78 Å². The fraction of sp³-hybridized carbons (Fsp3) is 0.875. The fourth-order valence-electron chi connectivity index (χ4n) is 1.14. The van der Waals surface area contributed by atoms with Crippen LogP contribution in [0, 0.1) is 0 Å². The Labute approximate surface area is 76.8 Å². The van der Waals surface area contributed by atoms with Crippen LogP contribution in [0.3, 0.4) is 0 Å². The van der Waals surface area contributed by atoms with E-state index in [1.54, 1.807) is 0 Å². The molecule has 3 nitrogen and oxygen atoms in total. The van der Waals surface area contributed by atoms with Gasteiger partial charge in [0.15, 0.2) is 5.96 Å². The Balaban J connectivity index is 2.47. The molecule has 0 aromatic heterocycles. The maximum absolute atomic E-state index is 12.2. The van der Waals surface area contributed by atoms with Crippen molar-refractivity contribution in [1.82, 2.24) is 10.2 Å². The van der Waals surface area contributed by atoms with E-state index in [2.05, 4.69) is 10.3 Å². The van der Waals surface area contributed by atoms with Gasteiger partial charge in [-0.25, -0.2) is 8.78 Å². The number of rotatable bonds is 2. The van der Waals surface area contributed by atoms with Crippen LogP contribution in [0.4, 0.5) is 8.78 Å². The molecule has 1 atom stereocenters. The molecule has 0 radical (unpaired) electrons. The van der Waals surface area contributed by atoms with Crippen molar-refractivity contribution in [2.45, 2.75) is 25.8 Å². The summed E-state index contributed by atoms with van der Waals surface area (Å²) >= 11 is 0. The quantitative estimate of drug-likeness (QED) is 0.703. The lowest BCUT2D eigenvalue weighted by Crippen LogP contribution is -2.47. The van der Waals surface area contributed by atoms with Crippen molar-refractivity contribution in [2.24, 2.45) is 4.99 Å². The molecule has 0 spiro atoms. The van der Waals surface area contributed by atoms with Crippen molar-refractivity contribution in [3.05, 3.63) is 0 Å². The summed E-state index contributed by atoms with van der Waals surface area (Å²) in [5.41, 5.74) is 0. The summed E-state index contributed by atoms with van der Waals surface area (Å²) in [5.74, 6) is 0.582. The van der Waals surface area contributed by atoms with Crippen LogP contribution in [0.1, 0.15) is 13.3 Å². The smallest absolute Gasteiger partial charge is 0.258 e. The highest BCUT2D eigenvalue weighted by Crippen LogP contribution is 2.03. The first-order chi connectivity index (χ1) is 6.11. The van der Waals surface area contributed by atoms with Gasteiger partial charge >= 0.3 is 0 Å². The lowest BCUT2D eigenvalue weighted by molar-refractivity contribution is 0.113. The lowest BCUT2D eigenvalue weighted by Gasteiger charge is -2.27. The van der Waals surface area contributed by atoms with Crippen LogP contribution in [0.2, 0.25) is 0 Å². The molecule has 1 aliphatic rings. The first-order valence-corrected chi connectivity index (χ1v) is 4.41. The highest BCUT2D eigenvalue weighted by Gasteiger charge is 2.18. The summed E-state index contributed by atoms with van der Waals surface area (Å²) in [4.78, 5) is 5.99. The Morgan fingerprint density at radius 3 is 2.77 bits per heavy atom. The minimum absolute atomic E-state index is 0.582. The van der Waals surface area contributed by atoms with Crippen LogP contribution in [0.15, 0.2) is 4.99 Å². The third-order valence-electron chi connectivity index (χ3n) is 2.01. The van der Waals surface area contributed by atoms with Crippen molar-refractivity contribution in [3.8, 4) is 0 Å². The maximum atomic E-state index is 12.2. The molecular weight excluding hydrogens is 176 g/mol. The monoisotopic (exact) mass is 191 g/mol. The molecule has 1 aliphatic heterocycles. The minimum atomic E-state index is -2.35. The molecule has 0 amide bonds. The molecule has 0 fully saturated rings. The molecule has 1 N–H and O–H groups in total. The van der Waals surface area contributed by atoms with E-state index >= 15 is 0 Å². The van der Waals surface area contributed by atoms with Crippen molar-refractivity contribution in [1.29, 1.82) is 0 Å². The van der Waals surface area contributed by atoms with E-state index in [1.807, 2.05) is 11.9 Å². The highest BCUT2D eigenvalue weighted by molar-refractivity contribution is 5.80. The minimum Gasteiger partial charge on any atom is -0.348 e. The average molecular weight is 191 g/mol. The molecule has 0 saturated heterocycles. The zero-order valence-corrected chi connectivity index (χ0v) is 7.93. The molecule has 0 aromatic rings. The summed E-state index contributed by atoms with van der Waals surface area (Å²) in [6.45, 7) is 3.06. The summed E-state index contributed by atoms with van der Waals surface area (Å²) in [6, 6.07) is -0.834. The van der Waals surface area contributed by atoms with Crippen molar-refractivity contribution in [2.75, 3.05) is 20.1 Å². The molecule has 1 unspecified atom stereocenters. The number of guanidine groups is 1. The van der Waals surface area contributed by atoms with Crippen LogP contribution < -0.4 is 5.32 Å². The van der Waals surface area contributed by atoms with E-state index in [1.165, 1.54) is 6.92 Å². The van der Waals surface area contributed by atoms with E-state index in [0.717, 1.165) is 19.5 Å². The number of hydrogen-bond donors (Lipinski definition) is 1. The third kappa shape index (κ3) is 2.82. The van der Waals surface area contributed by atoms with E-state index in [0.29, 0.717) is 5.96 Å². The largest absolute Gasteiger partial charge is 0.348 e. The van der Waals surface area contributed by atoms with Crippen LogP contribution >= 0.6 is 0 Å². The standard InChI is InChI=1S/C8H15F2N3/c1-6(7(9)10)12-8-11-4-3-5-13(8)2/h6-7H,3-5H2,1-2H3,(H,11,12). The van der Waals surface area contributed by atoms with Gasteiger partial charge in [-0.2, -0.15) is 0 Å². The molecule has 0 aliphatic carbocycles. The first-order valence-electron chi connectivity index (χ1n) is 4.41. The number of nitrogens with zero attached hydrogens (tertiary/aromatic N) is 2. The summed E-state index contributed by atoms with van der Waals surface area (Å²) in [6.07, 6.45) is -1.36. The second kappa shape index (κ2) is 4.39. The Hall–Kier alpha value is -0.870. The average Bonchev–Trinajstić information content (AvgIpc) is 2.08. The van der Waals surface area contributed by atoms with Crippen LogP contribution in [0.25, 0.3) is 0 Å². The maximum Gasteiger partial charge on any atom is 0.258 e. The molecule has 0 aromatic carbocycles. The van der Waals surface area contributed by atoms with E-state index in [4.69, 9.17) is 0 Å². The van der Waals surface area contributed by atoms with E-state index in [-0.39, 0.29) is 0 Å². The topological polar surface area (TPSA) is 27.6 Å². The highest BCUT2D eigenvalue weighted by atomic mass is 19.3. The van der Waals surface area contributed by atoms with Crippen LogP contribution in [-0.4, -0.2) is 43.5 Å². The van der Waals surface area contributed by atoms with Crippen molar-refractivity contribution in [3.63, 3.8) is 0 Å². The van der Waals surface area contributed by atoms with Gasteiger partial charge in [0.1, 0.15) is 0 Å². The Bertz CT molecular complexity index is 194. The van der Waals surface area contributed by atoms with Gasteiger partial charge in [0.05, 0.1) is 6.04 Å². The molecule has 76 valence electrons. The molecule has 1 heterocycles. The molecule has 0 saturated carbocycles. The summed E-state index contributed by atoms with van der Waals surface area (Å²) in [7, 11) is 1.85. The lowest BCUT2D eigenvalue weighted by atomic mass is 10.3. The van der Waals surface area contributed by atoms with Gasteiger partial charge in [0.25, 0.3) is 6.43 Å². The molecule has 1 rings (SSSR count). The molecule has 13 heavy (non-hydrogen) atoms. The SMILES string of the molecule is CC(NC1=NCCCN1C)C(F)F. The fourth-order valence-corrected chi connectivity index (χ4v) is 1.14. The number of hydrogen-bond acceptors (Lipinski definition) is 3. The second-order valence-electron chi connectivity index (χ2n) is 3.25. The van der Waals surface area contributed by atoms with E-state index in [9.17, 15) is 8.78 Å². The number of aliphatic imine (C=N–C) groups is 1. The normalized spacial score (nSPS) is 20.1. The predicted octanol–water partition coefficient (Wildman–Crippen LogP) is 0.921. The molecule has 0 bridgehead atoms. The van der Waals surface area contributed by atoms with Crippen LogP contribution in [0.5, 0.6) is 0 Å². The van der Waals surface area contributed by atoms with Gasteiger partial charge in [-0.3, -0.25) is 4.99 Å². The van der Waals surface area contributed by atoms with Gasteiger partial charge in [0.2, 0.25) is 0 Å². The Morgan fingerprint density at radius 1 is 1.54 bits per heavy atom. The summed E-state index contributed by atoms with van der Waals surface area (Å²) < 4.78 is 24.3. The zero-order valence-electron chi connectivity index (χ0n) is 7.93. The van der Waals surface area contributed by atoms with Gasteiger partial charge in [-0.1, -0.05) is 0 Å². The van der Waals surface area contributed by atoms with E-state index < -0.39 is 12.5 Å². The number of alkyl halides is 2. The number of halogens is 2.